The third kappa shape index (κ3) is 1.23. The summed E-state index contributed by atoms with van der Waals surface area (Å²) < 4.78 is 50.0. The van der Waals surface area contributed by atoms with E-state index in [0.29, 0.717) is 6.07 Å². The molecule has 2 rings (SSSR count). The number of hydrogen-bond donors (Lipinski definition) is 1. The Bertz CT molecular complexity index is 472. The van der Waals surface area contributed by atoms with Gasteiger partial charge in [-0.3, -0.25) is 0 Å². The Labute approximate surface area is 75.6 Å². The van der Waals surface area contributed by atoms with E-state index in [4.69, 9.17) is 0 Å². The zero-order chi connectivity index (χ0) is 10.3. The topological polar surface area (TPSA) is 28.7 Å². The summed E-state index contributed by atoms with van der Waals surface area (Å²) in [6, 6.07) is 1.45. The fraction of sp³-hybridized carbons (Fsp3) is 0.125. The second kappa shape index (κ2) is 2.70. The van der Waals surface area contributed by atoms with Gasteiger partial charge in [0.2, 0.25) is 0 Å². The van der Waals surface area contributed by atoms with Crippen LogP contribution in [-0.2, 0) is 6.18 Å². The molecule has 14 heavy (non-hydrogen) atoms. The smallest absolute Gasteiger partial charge is 0.342 e. The van der Waals surface area contributed by atoms with E-state index in [-0.39, 0.29) is 5.52 Å². The number of aromatic nitrogens is 2. The predicted octanol–water partition coefficient (Wildman–Crippen LogP) is 2.72. The monoisotopic (exact) mass is 204 g/mol. The minimum Gasteiger partial charge on any atom is -0.342 e. The van der Waals surface area contributed by atoms with Crippen LogP contribution in [0.2, 0.25) is 0 Å². The summed E-state index contributed by atoms with van der Waals surface area (Å²) in [6.45, 7) is 0. The maximum absolute atomic E-state index is 12.9. The highest BCUT2D eigenvalue weighted by Gasteiger charge is 2.34. The first kappa shape index (κ1) is 8.98. The molecule has 0 radical (unpaired) electrons. The van der Waals surface area contributed by atoms with Gasteiger partial charge in [-0.25, -0.2) is 9.37 Å². The van der Waals surface area contributed by atoms with Gasteiger partial charge in [-0.2, -0.15) is 13.2 Å². The molecule has 2 nitrogen and oxygen atoms in total. The second-order valence-electron chi connectivity index (χ2n) is 2.72. The molecule has 1 heterocycles. The quantitative estimate of drug-likeness (QED) is 0.656. The van der Waals surface area contributed by atoms with Crippen LogP contribution in [0.25, 0.3) is 11.0 Å². The van der Waals surface area contributed by atoms with E-state index in [1.54, 1.807) is 0 Å². The van der Waals surface area contributed by atoms with Gasteiger partial charge in [-0.15, -0.1) is 0 Å². The van der Waals surface area contributed by atoms with Gasteiger partial charge in [0.25, 0.3) is 0 Å². The lowest BCUT2D eigenvalue weighted by atomic mass is 10.1. The first-order valence-corrected chi connectivity index (χ1v) is 3.69. The van der Waals surface area contributed by atoms with E-state index in [0.717, 1.165) is 12.4 Å². The molecule has 0 unspecified atom stereocenters. The number of benzene rings is 1. The third-order valence-corrected chi connectivity index (χ3v) is 1.84. The van der Waals surface area contributed by atoms with Crippen molar-refractivity contribution in [2.24, 2.45) is 0 Å². The maximum atomic E-state index is 12.9. The van der Waals surface area contributed by atoms with Crippen LogP contribution >= 0.6 is 0 Å². The molecule has 1 aromatic carbocycles. The van der Waals surface area contributed by atoms with E-state index >= 15 is 0 Å². The molecule has 2 aromatic rings. The van der Waals surface area contributed by atoms with E-state index in [1.165, 1.54) is 0 Å². The summed E-state index contributed by atoms with van der Waals surface area (Å²) in [6.07, 6.45) is -3.48. The summed E-state index contributed by atoms with van der Waals surface area (Å²) >= 11 is 0. The van der Waals surface area contributed by atoms with Crippen molar-refractivity contribution in [3.05, 3.63) is 29.8 Å². The highest BCUT2D eigenvalue weighted by atomic mass is 19.4. The molecule has 74 valence electrons. The van der Waals surface area contributed by atoms with Crippen molar-refractivity contribution in [1.29, 1.82) is 0 Å². The summed E-state index contributed by atoms with van der Waals surface area (Å²) in [5, 5.41) is 0. The van der Waals surface area contributed by atoms with Gasteiger partial charge < -0.3 is 4.98 Å². The van der Waals surface area contributed by atoms with Gasteiger partial charge in [-0.05, 0) is 12.1 Å². The lowest BCUT2D eigenvalue weighted by molar-refractivity contribution is -0.136. The number of imidazole rings is 1. The average Bonchev–Trinajstić information content (AvgIpc) is 2.50. The number of fused-ring (bicyclic) bond motifs is 1. The van der Waals surface area contributed by atoms with Crippen LogP contribution in [0.4, 0.5) is 17.6 Å². The molecule has 0 saturated heterocycles. The van der Waals surface area contributed by atoms with E-state index < -0.39 is 23.1 Å². The van der Waals surface area contributed by atoms with Crippen molar-refractivity contribution in [1.82, 2.24) is 9.97 Å². The number of nitrogens with zero attached hydrogens (tertiary/aromatic N) is 1. The van der Waals surface area contributed by atoms with Crippen LogP contribution in [0, 0.1) is 5.82 Å². The Hall–Kier alpha value is -1.59. The van der Waals surface area contributed by atoms with Gasteiger partial charge in [0.15, 0.2) is 0 Å². The second-order valence-corrected chi connectivity index (χ2v) is 2.72. The molecular weight excluding hydrogens is 200 g/mol. The molecule has 0 bridgehead atoms. The Morgan fingerprint density at radius 3 is 2.57 bits per heavy atom. The summed E-state index contributed by atoms with van der Waals surface area (Å²) in [5.74, 6) is -0.745. The van der Waals surface area contributed by atoms with Gasteiger partial charge in [-0.1, -0.05) is 0 Å². The minimum atomic E-state index is -4.51. The number of aromatic amines is 1. The van der Waals surface area contributed by atoms with Crippen LogP contribution < -0.4 is 0 Å². The van der Waals surface area contributed by atoms with Gasteiger partial charge in [0.1, 0.15) is 16.9 Å². The Balaban J connectivity index is 2.80. The Kier molecular flexibility index (Phi) is 1.73. The fourth-order valence-corrected chi connectivity index (χ4v) is 1.23. The summed E-state index contributed by atoms with van der Waals surface area (Å²) in [5.41, 5.74) is -1.55. The highest BCUT2D eigenvalue weighted by molar-refractivity contribution is 5.79. The Morgan fingerprint density at radius 1 is 1.21 bits per heavy atom. The molecule has 0 spiro atoms. The molecule has 0 atom stereocenters. The average molecular weight is 204 g/mol. The van der Waals surface area contributed by atoms with Crippen LogP contribution in [0.3, 0.4) is 0 Å². The fourth-order valence-electron chi connectivity index (χ4n) is 1.23. The molecule has 0 saturated carbocycles. The van der Waals surface area contributed by atoms with Crippen LogP contribution in [-0.4, -0.2) is 9.97 Å². The lowest BCUT2D eigenvalue weighted by Gasteiger charge is -2.06. The normalized spacial score (nSPS) is 12.3. The number of rotatable bonds is 0. The van der Waals surface area contributed by atoms with Crippen molar-refractivity contribution < 1.29 is 17.6 Å². The summed E-state index contributed by atoms with van der Waals surface area (Å²) in [4.78, 5) is 5.74. The standard InChI is InChI=1S/C8H4F4N2/c9-5-2-1-4(8(10,11)12)6-7(5)14-3-13-6/h1-3H,(H,13,14). The van der Waals surface area contributed by atoms with Crippen molar-refractivity contribution in [3.8, 4) is 0 Å². The molecule has 0 aliphatic heterocycles. The van der Waals surface area contributed by atoms with Crippen LogP contribution in [0.1, 0.15) is 5.56 Å². The zero-order valence-electron chi connectivity index (χ0n) is 6.69. The third-order valence-electron chi connectivity index (χ3n) is 1.84. The van der Waals surface area contributed by atoms with Crippen molar-refractivity contribution in [2.45, 2.75) is 6.18 Å². The molecule has 0 amide bonds. The van der Waals surface area contributed by atoms with Gasteiger partial charge in [0, 0.05) is 0 Å². The number of alkyl halides is 3. The molecule has 1 N–H and O–H groups in total. The maximum Gasteiger partial charge on any atom is 0.418 e. The molecule has 0 aliphatic rings. The van der Waals surface area contributed by atoms with Gasteiger partial charge in [0.05, 0.1) is 11.9 Å². The molecule has 6 heteroatoms. The van der Waals surface area contributed by atoms with Gasteiger partial charge >= 0.3 is 6.18 Å². The van der Waals surface area contributed by atoms with Crippen LogP contribution in [0.15, 0.2) is 18.5 Å². The summed E-state index contributed by atoms with van der Waals surface area (Å²) in [7, 11) is 0. The molecular formula is C8H4F4N2. The minimum absolute atomic E-state index is 0.222. The zero-order valence-corrected chi connectivity index (χ0v) is 6.69. The van der Waals surface area contributed by atoms with Crippen LogP contribution in [0.5, 0.6) is 0 Å². The number of halogens is 4. The van der Waals surface area contributed by atoms with E-state index in [1.807, 2.05) is 0 Å². The highest BCUT2D eigenvalue weighted by Crippen LogP contribution is 2.34. The molecule has 1 aromatic heterocycles. The number of hydrogen-bond acceptors (Lipinski definition) is 1. The molecule has 0 aliphatic carbocycles. The van der Waals surface area contributed by atoms with Crippen molar-refractivity contribution >= 4 is 11.0 Å². The molecule has 0 fully saturated rings. The first-order chi connectivity index (χ1) is 6.50. The van der Waals surface area contributed by atoms with Crippen molar-refractivity contribution in [2.75, 3.05) is 0 Å². The van der Waals surface area contributed by atoms with E-state index in [9.17, 15) is 17.6 Å². The number of nitrogens with one attached hydrogen (secondary N) is 1. The van der Waals surface area contributed by atoms with E-state index in [2.05, 4.69) is 9.97 Å². The predicted molar refractivity (Wildman–Crippen MR) is 41.1 cm³/mol. The SMILES string of the molecule is Fc1ccc(C(F)(F)F)c2nc[nH]c12. The first-order valence-electron chi connectivity index (χ1n) is 3.69. The van der Waals surface area contributed by atoms with Crippen molar-refractivity contribution in [3.63, 3.8) is 0 Å². The number of H-pyrrole nitrogens is 1. The lowest BCUT2D eigenvalue weighted by Crippen LogP contribution is -2.06. The largest absolute Gasteiger partial charge is 0.418 e. The Morgan fingerprint density at radius 2 is 1.93 bits per heavy atom.